The van der Waals surface area contributed by atoms with Gasteiger partial charge in [-0.25, -0.2) is 0 Å². The molecule has 0 unspecified atom stereocenters. The highest BCUT2D eigenvalue weighted by Crippen LogP contribution is 2.29. The molecule has 26 heavy (non-hydrogen) atoms. The van der Waals surface area contributed by atoms with E-state index in [1.165, 1.54) is 25.3 Å². The molecule has 2 aromatic carbocycles. The zero-order chi connectivity index (χ0) is 19.1. The van der Waals surface area contributed by atoms with Crippen LogP contribution in [0.25, 0.3) is 0 Å². The third kappa shape index (κ3) is 5.59. The van der Waals surface area contributed by atoms with E-state index in [1.54, 1.807) is 24.3 Å². The number of ether oxygens (including phenoxy) is 2. The predicted molar refractivity (Wildman–Crippen MR) is 92.0 cm³/mol. The fourth-order valence-corrected chi connectivity index (χ4v) is 2.13. The normalized spacial score (nSPS) is 10.3. The van der Waals surface area contributed by atoms with Gasteiger partial charge in [0.2, 0.25) is 5.91 Å². The molecule has 0 heterocycles. The average Bonchev–Trinajstić information content (AvgIpc) is 2.61. The Morgan fingerprint density at radius 3 is 2.42 bits per heavy atom. The van der Waals surface area contributed by atoms with Gasteiger partial charge in [-0.05, 0) is 42.5 Å². The van der Waals surface area contributed by atoms with Crippen LogP contribution in [-0.4, -0.2) is 32.1 Å². The Labute approximate surface area is 153 Å². The van der Waals surface area contributed by atoms with E-state index in [1.807, 2.05) is 0 Å². The molecule has 0 aliphatic heterocycles. The summed E-state index contributed by atoms with van der Waals surface area (Å²) in [5, 5.41) is 5.54. The van der Waals surface area contributed by atoms with Crippen molar-refractivity contribution in [3.05, 3.63) is 53.1 Å². The largest absolute Gasteiger partial charge is 0.493 e. The van der Waals surface area contributed by atoms with Gasteiger partial charge in [-0.2, -0.15) is 8.78 Å². The Morgan fingerprint density at radius 1 is 1.12 bits per heavy atom. The second-order valence-corrected chi connectivity index (χ2v) is 5.42. The van der Waals surface area contributed by atoms with Crippen LogP contribution < -0.4 is 20.1 Å². The zero-order valence-electron chi connectivity index (χ0n) is 13.6. The molecular weight excluding hydrogens is 370 g/mol. The molecule has 0 fully saturated rings. The van der Waals surface area contributed by atoms with E-state index in [9.17, 15) is 18.4 Å². The van der Waals surface area contributed by atoms with E-state index in [0.717, 1.165) is 0 Å². The first kappa shape index (κ1) is 19.5. The van der Waals surface area contributed by atoms with Gasteiger partial charge < -0.3 is 20.1 Å². The Kier molecular flexibility index (Phi) is 6.74. The van der Waals surface area contributed by atoms with E-state index >= 15 is 0 Å². The average molecular weight is 385 g/mol. The van der Waals surface area contributed by atoms with Gasteiger partial charge in [0.25, 0.3) is 5.91 Å². The van der Waals surface area contributed by atoms with Crippen LogP contribution >= 0.6 is 11.6 Å². The third-order valence-electron chi connectivity index (χ3n) is 3.18. The summed E-state index contributed by atoms with van der Waals surface area (Å²) in [6, 6.07) is 10.2. The minimum Gasteiger partial charge on any atom is -0.493 e. The van der Waals surface area contributed by atoms with Crippen LogP contribution in [0.1, 0.15) is 10.4 Å². The summed E-state index contributed by atoms with van der Waals surface area (Å²) in [7, 11) is 1.26. The Bertz CT molecular complexity index is 785. The molecule has 0 aromatic heterocycles. The van der Waals surface area contributed by atoms with Gasteiger partial charge in [0.1, 0.15) is 0 Å². The molecule has 9 heteroatoms. The molecule has 0 saturated heterocycles. The van der Waals surface area contributed by atoms with Gasteiger partial charge in [-0.1, -0.05) is 11.6 Å². The summed E-state index contributed by atoms with van der Waals surface area (Å²) in [6.45, 7) is -3.29. The second kappa shape index (κ2) is 9.00. The van der Waals surface area contributed by atoms with Crippen LogP contribution in [0.15, 0.2) is 42.5 Å². The summed E-state index contributed by atoms with van der Waals surface area (Å²) in [6.07, 6.45) is 0. The maximum Gasteiger partial charge on any atom is 0.387 e. The summed E-state index contributed by atoms with van der Waals surface area (Å²) in [4.78, 5) is 23.9. The predicted octanol–water partition coefficient (Wildman–Crippen LogP) is 3.32. The third-order valence-corrected chi connectivity index (χ3v) is 3.43. The molecule has 0 saturated carbocycles. The number of benzene rings is 2. The second-order valence-electron chi connectivity index (χ2n) is 4.98. The number of carbonyl (C=O) groups is 2. The smallest absolute Gasteiger partial charge is 0.387 e. The molecule has 0 atom stereocenters. The maximum atomic E-state index is 12.3. The number of rotatable bonds is 7. The monoisotopic (exact) mass is 384 g/mol. The number of methoxy groups -OCH3 is 1. The molecule has 2 aromatic rings. The number of nitrogens with one attached hydrogen (secondary N) is 2. The van der Waals surface area contributed by atoms with E-state index in [4.69, 9.17) is 16.3 Å². The van der Waals surface area contributed by atoms with Gasteiger partial charge in [0.15, 0.2) is 11.5 Å². The first-order chi connectivity index (χ1) is 12.4. The summed E-state index contributed by atoms with van der Waals surface area (Å²) in [5.74, 6) is -1.23. The summed E-state index contributed by atoms with van der Waals surface area (Å²) in [5.41, 5.74) is 0.659. The van der Waals surface area contributed by atoms with Crippen molar-refractivity contribution < 1.29 is 27.8 Å². The molecule has 0 spiro atoms. The number of anilines is 1. The minimum absolute atomic E-state index is 0.0245. The quantitative estimate of drug-likeness (QED) is 0.767. The van der Waals surface area contributed by atoms with Crippen molar-refractivity contribution in [2.45, 2.75) is 6.61 Å². The topological polar surface area (TPSA) is 76.7 Å². The Hall–Kier alpha value is -2.87. The molecule has 2 rings (SSSR count). The molecule has 0 radical (unpaired) electrons. The van der Waals surface area contributed by atoms with Crippen LogP contribution in [0.2, 0.25) is 5.02 Å². The molecular formula is C17H15ClF2N2O4. The number of carbonyl (C=O) groups excluding carboxylic acids is 2. The summed E-state index contributed by atoms with van der Waals surface area (Å²) < 4.78 is 33.8. The van der Waals surface area contributed by atoms with Gasteiger partial charge in [0.05, 0.1) is 13.7 Å². The van der Waals surface area contributed by atoms with E-state index in [-0.39, 0.29) is 23.6 Å². The fraction of sp³-hybridized carbons (Fsp3) is 0.176. The van der Waals surface area contributed by atoms with Gasteiger partial charge in [0, 0.05) is 16.3 Å². The van der Waals surface area contributed by atoms with E-state index in [2.05, 4.69) is 15.4 Å². The molecule has 138 valence electrons. The van der Waals surface area contributed by atoms with Crippen molar-refractivity contribution in [1.29, 1.82) is 0 Å². The number of halogens is 3. The number of hydrogen-bond donors (Lipinski definition) is 2. The number of alkyl halides is 2. The molecule has 0 aliphatic carbocycles. The molecule has 6 nitrogen and oxygen atoms in total. The Morgan fingerprint density at radius 2 is 1.81 bits per heavy atom. The SMILES string of the molecule is COc1cc(C(=O)NCC(=O)Nc2ccc(Cl)cc2)ccc1OC(F)F. The van der Waals surface area contributed by atoms with Crippen LogP contribution in [-0.2, 0) is 4.79 Å². The van der Waals surface area contributed by atoms with Gasteiger partial charge in [-0.15, -0.1) is 0 Å². The zero-order valence-corrected chi connectivity index (χ0v) is 14.3. The van der Waals surface area contributed by atoms with Crippen LogP contribution in [0.3, 0.4) is 0 Å². The van der Waals surface area contributed by atoms with Crippen molar-refractivity contribution in [1.82, 2.24) is 5.32 Å². The Balaban J connectivity index is 1.94. The first-order valence-electron chi connectivity index (χ1n) is 7.35. The van der Waals surface area contributed by atoms with Crippen LogP contribution in [0, 0.1) is 0 Å². The standard InChI is InChI=1S/C17H15ClF2N2O4/c1-25-14-8-10(2-7-13(14)26-17(19)20)16(24)21-9-15(23)22-12-5-3-11(18)4-6-12/h2-8,17H,9H2,1H3,(H,21,24)(H,22,23). The number of amides is 2. The van der Waals surface area contributed by atoms with Crippen molar-refractivity contribution in [3.63, 3.8) is 0 Å². The van der Waals surface area contributed by atoms with E-state index < -0.39 is 18.4 Å². The summed E-state index contributed by atoms with van der Waals surface area (Å²) >= 11 is 5.75. The first-order valence-corrected chi connectivity index (χ1v) is 7.73. The highest BCUT2D eigenvalue weighted by atomic mass is 35.5. The van der Waals surface area contributed by atoms with Gasteiger partial charge in [-0.3, -0.25) is 9.59 Å². The van der Waals surface area contributed by atoms with Gasteiger partial charge >= 0.3 is 6.61 Å². The van der Waals surface area contributed by atoms with Crippen molar-refractivity contribution in [2.75, 3.05) is 19.0 Å². The van der Waals surface area contributed by atoms with Crippen molar-refractivity contribution in [3.8, 4) is 11.5 Å². The number of hydrogen-bond acceptors (Lipinski definition) is 4. The highest BCUT2D eigenvalue weighted by Gasteiger charge is 2.15. The van der Waals surface area contributed by atoms with Crippen LogP contribution in [0.4, 0.5) is 14.5 Å². The highest BCUT2D eigenvalue weighted by molar-refractivity contribution is 6.30. The molecule has 2 N–H and O–H groups in total. The lowest BCUT2D eigenvalue weighted by Crippen LogP contribution is -2.32. The van der Waals surface area contributed by atoms with Crippen LogP contribution in [0.5, 0.6) is 11.5 Å². The lowest BCUT2D eigenvalue weighted by molar-refractivity contribution is -0.115. The van der Waals surface area contributed by atoms with E-state index in [0.29, 0.717) is 10.7 Å². The fourth-order valence-electron chi connectivity index (χ4n) is 2.00. The molecule has 0 bridgehead atoms. The molecule has 2 amide bonds. The molecule has 0 aliphatic rings. The van der Waals surface area contributed by atoms with Crippen molar-refractivity contribution in [2.24, 2.45) is 0 Å². The lowest BCUT2D eigenvalue weighted by atomic mass is 10.2. The lowest BCUT2D eigenvalue weighted by Gasteiger charge is -2.11. The minimum atomic E-state index is -3.01. The maximum absolute atomic E-state index is 12.3. The van der Waals surface area contributed by atoms with Crippen molar-refractivity contribution >= 4 is 29.1 Å².